The van der Waals surface area contributed by atoms with Crippen LogP contribution in [0.5, 0.6) is 0 Å². The summed E-state index contributed by atoms with van der Waals surface area (Å²) in [7, 11) is 1.55. The van der Waals surface area contributed by atoms with Crippen molar-refractivity contribution in [3.05, 3.63) is 23.8 Å². The summed E-state index contributed by atoms with van der Waals surface area (Å²) in [6.45, 7) is 0. The van der Waals surface area contributed by atoms with E-state index in [4.69, 9.17) is 5.73 Å². The van der Waals surface area contributed by atoms with E-state index in [0.29, 0.717) is 5.69 Å². The third-order valence-corrected chi connectivity index (χ3v) is 1.65. The molecule has 0 aliphatic heterocycles. The molecule has 0 atom stereocenters. The quantitative estimate of drug-likeness (QED) is 0.667. The van der Waals surface area contributed by atoms with Crippen LogP contribution in [0.15, 0.2) is 18.2 Å². The summed E-state index contributed by atoms with van der Waals surface area (Å²) in [5, 5.41) is 2.61. The Bertz CT molecular complexity index is 307. The molecule has 1 aromatic carbocycles. The summed E-state index contributed by atoms with van der Waals surface area (Å²) < 4.78 is 36.8. The third-order valence-electron chi connectivity index (χ3n) is 1.65. The lowest BCUT2D eigenvalue weighted by Crippen LogP contribution is -2.09. The van der Waals surface area contributed by atoms with Gasteiger partial charge in [0.15, 0.2) is 0 Å². The normalized spacial score (nSPS) is 11.4. The molecule has 0 spiro atoms. The Labute approximate surface area is 73.5 Å². The maximum absolute atomic E-state index is 12.3. The van der Waals surface area contributed by atoms with Gasteiger partial charge in [0.05, 0.1) is 5.56 Å². The van der Waals surface area contributed by atoms with Crippen molar-refractivity contribution < 1.29 is 13.2 Å². The van der Waals surface area contributed by atoms with E-state index in [9.17, 15) is 13.2 Å². The van der Waals surface area contributed by atoms with Crippen LogP contribution in [0.25, 0.3) is 0 Å². The monoisotopic (exact) mass is 190 g/mol. The molecule has 0 aliphatic carbocycles. The van der Waals surface area contributed by atoms with Gasteiger partial charge in [0.1, 0.15) is 0 Å². The highest BCUT2D eigenvalue weighted by atomic mass is 19.4. The zero-order valence-electron chi connectivity index (χ0n) is 6.94. The van der Waals surface area contributed by atoms with Crippen LogP contribution in [0.1, 0.15) is 5.56 Å². The second-order valence-electron chi connectivity index (χ2n) is 2.55. The van der Waals surface area contributed by atoms with Crippen molar-refractivity contribution in [2.45, 2.75) is 6.18 Å². The zero-order valence-corrected chi connectivity index (χ0v) is 6.94. The molecule has 0 aromatic heterocycles. The van der Waals surface area contributed by atoms with E-state index in [1.165, 1.54) is 12.1 Å². The molecular weight excluding hydrogens is 181 g/mol. The second-order valence-corrected chi connectivity index (χ2v) is 2.55. The van der Waals surface area contributed by atoms with Crippen molar-refractivity contribution in [1.29, 1.82) is 0 Å². The van der Waals surface area contributed by atoms with Crippen LogP contribution in [0, 0.1) is 0 Å². The second kappa shape index (κ2) is 3.16. The number of benzene rings is 1. The van der Waals surface area contributed by atoms with E-state index in [1.54, 1.807) is 7.05 Å². The van der Waals surface area contributed by atoms with Gasteiger partial charge in [0, 0.05) is 18.4 Å². The Morgan fingerprint density at radius 2 is 1.92 bits per heavy atom. The predicted octanol–water partition coefficient (Wildman–Crippen LogP) is 2.33. The molecule has 1 aromatic rings. The lowest BCUT2D eigenvalue weighted by Gasteiger charge is -2.11. The zero-order chi connectivity index (χ0) is 10.1. The fourth-order valence-corrected chi connectivity index (χ4v) is 0.957. The average Bonchev–Trinajstić information content (AvgIpc) is 2.03. The molecule has 0 aliphatic rings. The van der Waals surface area contributed by atoms with Crippen molar-refractivity contribution in [2.24, 2.45) is 0 Å². The van der Waals surface area contributed by atoms with Crippen LogP contribution < -0.4 is 11.1 Å². The largest absolute Gasteiger partial charge is 0.418 e. The minimum Gasteiger partial charge on any atom is -0.398 e. The van der Waals surface area contributed by atoms with Crippen LogP contribution in [0.3, 0.4) is 0 Å². The number of halogens is 3. The number of hydrogen-bond acceptors (Lipinski definition) is 2. The van der Waals surface area contributed by atoms with E-state index in [2.05, 4.69) is 5.32 Å². The lowest BCUT2D eigenvalue weighted by atomic mass is 10.1. The van der Waals surface area contributed by atoms with Gasteiger partial charge in [-0.3, -0.25) is 0 Å². The van der Waals surface area contributed by atoms with Crippen molar-refractivity contribution >= 4 is 11.4 Å². The van der Waals surface area contributed by atoms with Crippen LogP contribution in [0.4, 0.5) is 24.5 Å². The number of nitrogen functional groups attached to an aromatic ring is 1. The molecule has 1 rings (SSSR count). The van der Waals surface area contributed by atoms with Gasteiger partial charge in [-0.2, -0.15) is 13.2 Å². The first-order valence-electron chi connectivity index (χ1n) is 3.59. The van der Waals surface area contributed by atoms with Gasteiger partial charge in [0.2, 0.25) is 0 Å². The van der Waals surface area contributed by atoms with Crippen LogP contribution >= 0.6 is 0 Å². The molecule has 13 heavy (non-hydrogen) atoms. The van der Waals surface area contributed by atoms with Crippen molar-refractivity contribution in [2.75, 3.05) is 18.1 Å². The molecule has 3 N–H and O–H groups in total. The Morgan fingerprint density at radius 1 is 1.31 bits per heavy atom. The lowest BCUT2D eigenvalue weighted by molar-refractivity contribution is -0.136. The molecule has 0 saturated heterocycles. The van der Waals surface area contributed by atoms with E-state index in [-0.39, 0.29) is 5.69 Å². The molecule has 0 unspecified atom stereocenters. The molecule has 0 bridgehead atoms. The first-order valence-corrected chi connectivity index (χ1v) is 3.59. The molecule has 0 heterocycles. The van der Waals surface area contributed by atoms with Crippen LogP contribution in [0.2, 0.25) is 0 Å². The Hall–Kier alpha value is -1.39. The fourth-order valence-electron chi connectivity index (χ4n) is 0.957. The van der Waals surface area contributed by atoms with E-state index in [0.717, 1.165) is 6.07 Å². The number of anilines is 2. The standard InChI is InChI=1S/C8H9F3N2/c1-13-5-2-3-7(12)6(4-5)8(9,10)11/h2-4,13H,12H2,1H3. The molecule has 0 radical (unpaired) electrons. The summed E-state index contributed by atoms with van der Waals surface area (Å²) in [5.41, 5.74) is 4.51. The minimum atomic E-state index is -4.39. The Morgan fingerprint density at radius 3 is 2.38 bits per heavy atom. The molecule has 0 fully saturated rings. The average molecular weight is 190 g/mol. The van der Waals surface area contributed by atoms with Crippen molar-refractivity contribution in [3.8, 4) is 0 Å². The number of hydrogen-bond donors (Lipinski definition) is 2. The van der Waals surface area contributed by atoms with Crippen molar-refractivity contribution in [1.82, 2.24) is 0 Å². The maximum atomic E-state index is 12.3. The van der Waals surface area contributed by atoms with Crippen LogP contribution in [-0.2, 0) is 6.18 Å². The van der Waals surface area contributed by atoms with Gasteiger partial charge >= 0.3 is 6.18 Å². The Kier molecular flexibility index (Phi) is 2.36. The number of rotatable bonds is 1. The molecule has 0 saturated carbocycles. The van der Waals surface area contributed by atoms with Gasteiger partial charge in [0.25, 0.3) is 0 Å². The van der Waals surface area contributed by atoms with E-state index in [1.807, 2.05) is 0 Å². The molecule has 72 valence electrons. The van der Waals surface area contributed by atoms with Gasteiger partial charge < -0.3 is 11.1 Å². The van der Waals surface area contributed by atoms with Gasteiger partial charge in [-0.15, -0.1) is 0 Å². The molecule has 2 nitrogen and oxygen atoms in total. The topological polar surface area (TPSA) is 38.0 Å². The fraction of sp³-hybridized carbons (Fsp3) is 0.250. The summed E-state index contributed by atoms with van der Waals surface area (Å²) in [5.74, 6) is 0. The summed E-state index contributed by atoms with van der Waals surface area (Å²) in [4.78, 5) is 0. The maximum Gasteiger partial charge on any atom is 0.418 e. The number of nitrogens with one attached hydrogen (secondary N) is 1. The third kappa shape index (κ3) is 2.05. The van der Waals surface area contributed by atoms with E-state index < -0.39 is 11.7 Å². The SMILES string of the molecule is CNc1ccc(N)c(C(F)(F)F)c1. The van der Waals surface area contributed by atoms with E-state index >= 15 is 0 Å². The van der Waals surface area contributed by atoms with Gasteiger partial charge in [-0.25, -0.2) is 0 Å². The highest BCUT2D eigenvalue weighted by molar-refractivity contribution is 5.58. The highest BCUT2D eigenvalue weighted by Gasteiger charge is 2.32. The summed E-state index contributed by atoms with van der Waals surface area (Å²) in [6, 6.07) is 3.70. The summed E-state index contributed by atoms with van der Waals surface area (Å²) in [6.07, 6.45) is -4.39. The minimum absolute atomic E-state index is 0.258. The first-order chi connectivity index (χ1) is 5.95. The smallest absolute Gasteiger partial charge is 0.398 e. The number of nitrogens with two attached hydrogens (primary N) is 1. The summed E-state index contributed by atoms with van der Waals surface area (Å²) >= 11 is 0. The predicted molar refractivity (Wildman–Crippen MR) is 45.4 cm³/mol. The van der Waals surface area contributed by atoms with Gasteiger partial charge in [-0.05, 0) is 18.2 Å². The molecular formula is C8H9F3N2. The molecule has 5 heteroatoms. The first kappa shape index (κ1) is 9.70. The molecule has 0 amide bonds. The Balaban J connectivity index is 3.19. The van der Waals surface area contributed by atoms with Crippen molar-refractivity contribution in [3.63, 3.8) is 0 Å². The highest BCUT2D eigenvalue weighted by Crippen LogP contribution is 2.34. The number of alkyl halides is 3. The van der Waals surface area contributed by atoms with Gasteiger partial charge in [-0.1, -0.05) is 0 Å². The van der Waals surface area contributed by atoms with Crippen LogP contribution in [-0.4, -0.2) is 7.05 Å².